The fourth-order valence-corrected chi connectivity index (χ4v) is 6.37. The number of nitrogens with zero attached hydrogens (tertiary/aromatic N) is 1. The highest BCUT2D eigenvalue weighted by molar-refractivity contribution is 6.27. The van der Waals surface area contributed by atoms with Crippen molar-refractivity contribution in [1.82, 2.24) is 0 Å². The monoisotopic (exact) mass is 518 g/mol. The van der Waals surface area contributed by atoms with E-state index in [2.05, 4.69) is 5.16 Å². The van der Waals surface area contributed by atoms with Crippen LogP contribution in [0.1, 0.15) is 34.3 Å². The number of hydrogen-bond acceptors (Lipinski definition) is 9. The molecular weight excluding hydrogens is 492 g/mol. The van der Waals surface area contributed by atoms with Crippen LogP contribution in [0.15, 0.2) is 35.5 Å². The number of phenols is 1. The molecule has 38 heavy (non-hydrogen) atoms. The Morgan fingerprint density at radius 3 is 2.45 bits per heavy atom. The molecule has 0 radical (unpaired) electrons. The number of rotatable bonds is 5. The first-order valence-electron chi connectivity index (χ1n) is 12.2. The van der Waals surface area contributed by atoms with Crippen LogP contribution < -0.4 is 10.5 Å². The Labute approximate surface area is 217 Å². The van der Waals surface area contributed by atoms with Gasteiger partial charge in [-0.2, -0.15) is 0 Å². The van der Waals surface area contributed by atoms with Gasteiger partial charge in [0.1, 0.15) is 18.6 Å². The summed E-state index contributed by atoms with van der Waals surface area (Å²) >= 11 is 0. The van der Waals surface area contributed by atoms with Crippen LogP contribution in [0.5, 0.6) is 11.5 Å². The average molecular weight is 519 g/mol. The van der Waals surface area contributed by atoms with Gasteiger partial charge in [-0.25, -0.2) is 0 Å². The van der Waals surface area contributed by atoms with Gasteiger partial charge < -0.3 is 20.4 Å². The Morgan fingerprint density at radius 1 is 1.03 bits per heavy atom. The number of methoxy groups -OCH3 is 1. The van der Waals surface area contributed by atoms with Crippen molar-refractivity contribution in [2.24, 2.45) is 40.5 Å². The summed E-state index contributed by atoms with van der Waals surface area (Å²) in [5.41, 5.74) is 7.96. The molecule has 0 aliphatic heterocycles. The smallest absolute Gasteiger partial charge is 0.235 e. The summed E-state index contributed by atoms with van der Waals surface area (Å²) in [7, 11) is 2.95. The average Bonchev–Trinajstić information content (AvgIpc) is 2.86. The van der Waals surface area contributed by atoms with E-state index < -0.39 is 58.6 Å². The molecule has 3 N–H and O–H groups in total. The topological polar surface area (TPSA) is 162 Å². The normalized spacial score (nSPS) is 26.5. The molecule has 10 heteroatoms. The molecule has 5 atom stereocenters. The number of ketones is 4. The second-order valence-electron chi connectivity index (χ2n) is 9.95. The molecule has 0 bridgehead atoms. The van der Waals surface area contributed by atoms with Crippen molar-refractivity contribution in [2.75, 3.05) is 14.2 Å². The highest BCUT2D eigenvalue weighted by atomic mass is 16.6. The molecular formula is C28H26N2O8. The number of carbonyl (C=O) groups is 5. The number of fused-ring (bicyclic) bond motifs is 3. The van der Waals surface area contributed by atoms with Gasteiger partial charge in [0.15, 0.2) is 29.1 Å². The summed E-state index contributed by atoms with van der Waals surface area (Å²) in [4.78, 5) is 69.3. The van der Waals surface area contributed by atoms with Crippen LogP contribution in [-0.2, 0) is 30.4 Å². The van der Waals surface area contributed by atoms with Crippen molar-refractivity contribution in [2.45, 2.75) is 19.3 Å². The fraction of sp³-hybridized carbons (Fsp3) is 0.357. The maximum absolute atomic E-state index is 13.7. The highest BCUT2D eigenvalue weighted by Crippen LogP contribution is 2.49. The third-order valence-electron chi connectivity index (χ3n) is 7.95. The molecule has 0 aromatic heterocycles. The summed E-state index contributed by atoms with van der Waals surface area (Å²) in [5, 5.41) is 14.5. The number of aromatic hydroxyl groups is 1. The van der Waals surface area contributed by atoms with Crippen LogP contribution in [0.2, 0.25) is 0 Å². The molecule has 2 aromatic rings. The zero-order chi connectivity index (χ0) is 27.3. The van der Waals surface area contributed by atoms with Gasteiger partial charge in [-0.15, -0.1) is 0 Å². The van der Waals surface area contributed by atoms with Crippen molar-refractivity contribution < 1.29 is 38.7 Å². The molecule has 0 heterocycles. The number of oxime groups is 1. The lowest BCUT2D eigenvalue weighted by atomic mass is 9.56. The third kappa shape index (κ3) is 3.87. The quantitative estimate of drug-likeness (QED) is 0.344. The minimum absolute atomic E-state index is 0.0456. The second-order valence-corrected chi connectivity index (χ2v) is 9.95. The van der Waals surface area contributed by atoms with Crippen molar-refractivity contribution >= 4 is 35.3 Å². The summed E-state index contributed by atoms with van der Waals surface area (Å²) in [6.45, 7) is 0. The van der Waals surface area contributed by atoms with Crippen molar-refractivity contribution in [1.29, 1.82) is 0 Å². The van der Waals surface area contributed by atoms with E-state index >= 15 is 0 Å². The molecule has 3 aliphatic carbocycles. The number of hydrogen-bond donors (Lipinski definition) is 2. The lowest BCUT2D eigenvalue weighted by Gasteiger charge is -2.44. The molecule has 0 saturated heterocycles. The Balaban J connectivity index is 1.58. The number of Topliss-reactive ketones (excluding diaryl/α,β-unsaturated/α-hetero) is 4. The number of phenolic OH excluding ortho intramolecular Hbond substituents is 1. The van der Waals surface area contributed by atoms with E-state index in [1.807, 2.05) is 12.1 Å². The first kappa shape index (κ1) is 25.3. The van der Waals surface area contributed by atoms with Gasteiger partial charge in [0.25, 0.3) is 0 Å². The van der Waals surface area contributed by atoms with Gasteiger partial charge in [-0.05, 0) is 59.6 Å². The lowest BCUT2D eigenvalue weighted by molar-refractivity contribution is -0.152. The Hall–Kier alpha value is -4.34. The van der Waals surface area contributed by atoms with E-state index in [1.54, 1.807) is 12.1 Å². The SMILES string of the molecule is CO/N=C\c1cc(-c2ccc(O)c3c2CC2CC4CC(=O)C(C(N)=O)C(=O)C4C(=O)C2C3=O)ccc1OC. The second kappa shape index (κ2) is 9.51. The first-order valence-corrected chi connectivity index (χ1v) is 12.2. The maximum Gasteiger partial charge on any atom is 0.235 e. The largest absolute Gasteiger partial charge is 0.507 e. The van der Waals surface area contributed by atoms with Gasteiger partial charge in [0.05, 0.1) is 30.7 Å². The summed E-state index contributed by atoms with van der Waals surface area (Å²) < 4.78 is 5.39. The van der Waals surface area contributed by atoms with Crippen LogP contribution in [0, 0.1) is 29.6 Å². The van der Waals surface area contributed by atoms with Crippen molar-refractivity contribution in [3.8, 4) is 22.6 Å². The van der Waals surface area contributed by atoms with E-state index in [-0.39, 0.29) is 17.7 Å². The van der Waals surface area contributed by atoms with Gasteiger partial charge in [-0.3, -0.25) is 24.0 Å². The molecule has 10 nitrogen and oxygen atoms in total. The number of nitrogens with two attached hydrogens (primary N) is 1. The lowest BCUT2D eigenvalue weighted by Crippen LogP contribution is -2.56. The molecule has 2 fully saturated rings. The van der Waals surface area contributed by atoms with E-state index in [1.165, 1.54) is 26.5 Å². The zero-order valence-electron chi connectivity index (χ0n) is 20.8. The van der Waals surface area contributed by atoms with Crippen LogP contribution in [0.25, 0.3) is 11.1 Å². The number of carbonyl (C=O) groups excluding carboxylic acids is 5. The Bertz CT molecular complexity index is 1430. The van der Waals surface area contributed by atoms with Crippen molar-refractivity contribution in [3.63, 3.8) is 0 Å². The zero-order valence-corrected chi connectivity index (χ0v) is 20.8. The van der Waals surface area contributed by atoms with E-state index in [4.69, 9.17) is 15.3 Å². The minimum atomic E-state index is -1.66. The third-order valence-corrected chi connectivity index (χ3v) is 7.95. The molecule has 196 valence electrons. The van der Waals surface area contributed by atoms with Gasteiger partial charge in [0.2, 0.25) is 5.91 Å². The van der Waals surface area contributed by atoms with Gasteiger partial charge in [0, 0.05) is 12.0 Å². The molecule has 5 unspecified atom stereocenters. The van der Waals surface area contributed by atoms with Gasteiger partial charge >= 0.3 is 0 Å². The number of primary amides is 1. The molecule has 2 saturated carbocycles. The van der Waals surface area contributed by atoms with Crippen molar-refractivity contribution in [3.05, 3.63) is 47.0 Å². The first-order chi connectivity index (χ1) is 18.2. The van der Waals surface area contributed by atoms with Crippen LogP contribution in [0.4, 0.5) is 0 Å². The highest BCUT2D eigenvalue weighted by Gasteiger charge is 2.57. The summed E-state index contributed by atoms with van der Waals surface area (Å²) in [6, 6.07) is 8.50. The van der Waals surface area contributed by atoms with E-state index in [0.29, 0.717) is 35.3 Å². The predicted octanol–water partition coefficient (Wildman–Crippen LogP) is 1.87. The summed E-state index contributed by atoms with van der Waals surface area (Å²) in [6.07, 6.45) is 1.96. The molecule has 2 aromatic carbocycles. The van der Waals surface area contributed by atoms with Gasteiger partial charge in [-0.1, -0.05) is 17.3 Å². The number of amides is 1. The molecule has 1 amide bonds. The summed E-state index contributed by atoms with van der Waals surface area (Å²) in [5.74, 6) is -8.41. The maximum atomic E-state index is 13.7. The minimum Gasteiger partial charge on any atom is -0.507 e. The van der Waals surface area contributed by atoms with E-state index in [0.717, 1.165) is 5.56 Å². The van der Waals surface area contributed by atoms with Crippen LogP contribution >= 0.6 is 0 Å². The number of benzene rings is 2. The fourth-order valence-electron chi connectivity index (χ4n) is 6.37. The molecule has 3 aliphatic rings. The van der Waals surface area contributed by atoms with Crippen LogP contribution in [0.3, 0.4) is 0 Å². The number of ether oxygens (including phenoxy) is 1. The Kier molecular flexibility index (Phi) is 6.34. The van der Waals surface area contributed by atoms with Crippen LogP contribution in [-0.4, -0.2) is 54.6 Å². The molecule has 0 spiro atoms. The predicted molar refractivity (Wildman–Crippen MR) is 134 cm³/mol. The Morgan fingerprint density at radius 2 is 1.76 bits per heavy atom. The standard InChI is InChI=1S/C28H26N2O8/c1-37-20-6-3-12(7-15(20)11-30-38-2)16-4-5-18(31)23-17(16)9-13-8-14-10-19(32)24(28(29)36)27(35)22(14)25(33)21(13)26(23)34/h3-7,11,13-14,21-22,24,31H,8-10H2,1-2H3,(H2,29,36)/b30-11-. The van der Waals surface area contributed by atoms with E-state index in [9.17, 15) is 29.1 Å². The molecule has 5 rings (SSSR count).